The lowest BCUT2D eigenvalue weighted by molar-refractivity contribution is -0.275. The number of pyridine rings is 1. The molecule has 0 bridgehead atoms. The largest absolute Gasteiger partial charge is 0.573 e. The molecule has 0 radical (unpaired) electrons. The van der Waals surface area contributed by atoms with E-state index in [4.69, 9.17) is 0 Å². The summed E-state index contributed by atoms with van der Waals surface area (Å²) in [4.78, 5) is 14.1. The first-order valence-electron chi connectivity index (χ1n) is 5.06. The van der Waals surface area contributed by atoms with Gasteiger partial charge in [0.1, 0.15) is 5.56 Å². The Bertz CT molecular complexity index is 503. The third-order valence-corrected chi connectivity index (χ3v) is 1.96. The molecule has 20 heavy (non-hydrogen) atoms. The molecule has 0 aromatic carbocycles. The smallest absolute Gasteiger partial charge is 0.462 e. The van der Waals surface area contributed by atoms with Crippen LogP contribution >= 0.6 is 0 Å². The molecule has 1 rings (SSSR count). The number of nitrogens with zero attached hydrogens (tertiary/aromatic N) is 1. The van der Waals surface area contributed by atoms with Crippen LogP contribution < -0.4 is 4.74 Å². The van der Waals surface area contributed by atoms with Gasteiger partial charge in [-0.25, -0.2) is 18.6 Å². The average Bonchev–Trinajstić information content (AvgIpc) is 2.29. The molecule has 1 heterocycles. The van der Waals surface area contributed by atoms with Crippen LogP contribution in [0.1, 0.15) is 29.3 Å². The third kappa shape index (κ3) is 3.75. The van der Waals surface area contributed by atoms with Gasteiger partial charge in [0.2, 0.25) is 5.95 Å². The Morgan fingerprint density at radius 1 is 1.40 bits per heavy atom. The molecule has 0 unspecified atom stereocenters. The van der Waals surface area contributed by atoms with Gasteiger partial charge in [0.15, 0.2) is 5.75 Å². The Morgan fingerprint density at radius 2 is 2.00 bits per heavy atom. The Labute approximate surface area is 108 Å². The minimum Gasteiger partial charge on any atom is -0.462 e. The van der Waals surface area contributed by atoms with Gasteiger partial charge in [0, 0.05) is 0 Å². The van der Waals surface area contributed by atoms with Gasteiger partial charge in [0.25, 0.3) is 6.43 Å². The van der Waals surface area contributed by atoms with E-state index in [-0.39, 0.29) is 12.8 Å². The minimum atomic E-state index is -5.30. The van der Waals surface area contributed by atoms with E-state index in [1.54, 1.807) is 0 Å². The normalized spacial score (nSPS) is 11.6. The van der Waals surface area contributed by atoms with Crippen LogP contribution in [0.3, 0.4) is 0 Å². The van der Waals surface area contributed by atoms with Gasteiger partial charge in [-0.05, 0) is 6.92 Å². The Kier molecular flexibility index (Phi) is 4.79. The standard InChI is InChI=1S/C10H7F6NO3/c1-2-19-9(18)6-5(7(11)12)4(3-17-8(6)13)20-10(14,15)16/h3,7H,2H2,1H3. The van der Waals surface area contributed by atoms with Gasteiger partial charge in [0.05, 0.1) is 18.4 Å². The van der Waals surface area contributed by atoms with Crippen LogP contribution in [0.2, 0.25) is 0 Å². The number of carbonyl (C=O) groups is 1. The molecule has 1 aromatic heterocycles. The number of aromatic nitrogens is 1. The lowest BCUT2D eigenvalue weighted by Gasteiger charge is -2.15. The van der Waals surface area contributed by atoms with Crippen molar-refractivity contribution in [3.05, 3.63) is 23.3 Å². The van der Waals surface area contributed by atoms with Crippen molar-refractivity contribution in [1.29, 1.82) is 0 Å². The third-order valence-electron chi connectivity index (χ3n) is 1.96. The number of esters is 1. The van der Waals surface area contributed by atoms with Crippen LogP contribution in [0.25, 0.3) is 0 Å². The summed E-state index contributed by atoms with van der Waals surface area (Å²) < 4.78 is 82.7. The fraction of sp³-hybridized carbons (Fsp3) is 0.400. The zero-order valence-corrected chi connectivity index (χ0v) is 9.80. The molecule has 0 atom stereocenters. The van der Waals surface area contributed by atoms with E-state index in [1.165, 1.54) is 6.92 Å². The highest BCUT2D eigenvalue weighted by molar-refractivity contribution is 5.91. The van der Waals surface area contributed by atoms with E-state index < -0.39 is 41.6 Å². The van der Waals surface area contributed by atoms with Crippen molar-refractivity contribution in [1.82, 2.24) is 4.98 Å². The van der Waals surface area contributed by atoms with E-state index in [1.807, 2.05) is 0 Å². The summed E-state index contributed by atoms with van der Waals surface area (Å²) in [6.45, 7) is 1.02. The molecule has 1 aromatic rings. The maximum Gasteiger partial charge on any atom is 0.573 e. The summed E-state index contributed by atoms with van der Waals surface area (Å²) in [5, 5.41) is 0. The summed E-state index contributed by atoms with van der Waals surface area (Å²) in [5.74, 6) is -4.69. The molecule has 4 nitrogen and oxygen atoms in total. The quantitative estimate of drug-likeness (QED) is 0.487. The van der Waals surface area contributed by atoms with Gasteiger partial charge in [-0.1, -0.05) is 0 Å². The molecule has 0 aliphatic carbocycles. The molecule has 112 valence electrons. The zero-order valence-electron chi connectivity index (χ0n) is 9.80. The molecule has 0 aliphatic heterocycles. The van der Waals surface area contributed by atoms with Crippen molar-refractivity contribution < 1.29 is 40.6 Å². The fourth-order valence-electron chi connectivity index (χ4n) is 1.30. The number of alkyl halides is 5. The number of carbonyl (C=O) groups excluding carboxylic acids is 1. The summed E-state index contributed by atoms with van der Waals surface area (Å²) in [5.41, 5.74) is -2.95. The first-order chi connectivity index (χ1) is 9.17. The van der Waals surface area contributed by atoms with E-state index in [0.717, 1.165) is 0 Å². The predicted octanol–water partition coefficient (Wildman–Crippen LogP) is 3.23. The molecular formula is C10H7F6NO3. The minimum absolute atomic E-state index is 0.118. The highest BCUT2D eigenvalue weighted by Gasteiger charge is 2.36. The van der Waals surface area contributed by atoms with Crippen molar-refractivity contribution in [3.8, 4) is 5.75 Å². The molecule has 10 heteroatoms. The summed E-state index contributed by atoms with van der Waals surface area (Å²) >= 11 is 0. The van der Waals surface area contributed by atoms with Crippen LogP contribution in [0.5, 0.6) is 5.75 Å². The highest BCUT2D eigenvalue weighted by atomic mass is 19.4. The van der Waals surface area contributed by atoms with Gasteiger partial charge < -0.3 is 9.47 Å². The average molecular weight is 303 g/mol. The molecule has 0 amide bonds. The van der Waals surface area contributed by atoms with E-state index in [0.29, 0.717) is 0 Å². The van der Waals surface area contributed by atoms with Crippen LogP contribution in [0.4, 0.5) is 26.3 Å². The van der Waals surface area contributed by atoms with Crippen molar-refractivity contribution in [2.24, 2.45) is 0 Å². The lowest BCUT2D eigenvalue weighted by atomic mass is 10.1. The van der Waals surface area contributed by atoms with Crippen molar-refractivity contribution in [3.63, 3.8) is 0 Å². The van der Waals surface area contributed by atoms with E-state index >= 15 is 0 Å². The SMILES string of the molecule is CCOC(=O)c1c(F)ncc(OC(F)(F)F)c1C(F)F. The fourth-order valence-corrected chi connectivity index (χ4v) is 1.30. The number of hydrogen-bond donors (Lipinski definition) is 0. The Balaban J connectivity index is 3.41. The van der Waals surface area contributed by atoms with Crippen molar-refractivity contribution in [2.45, 2.75) is 19.7 Å². The molecule has 0 fully saturated rings. The van der Waals surface area contributed by atoms with Gasteiger partial charge in [-0.2, -0.15) is 4.39 Å². The van der Waals surface area contributed by atoms with E-state index in [9.17, 15) is 31.1 Å². The summed E-state index contributed by atoms with van der Waals surface area (Å²) in [7, 11) is 0. The number of rotatable bonds is 4. The van der Waals surface area contributed by atoms with Gasteiger partial charge in [-0.3, -0.25) is 0 Å². The van der Waals surface area contributed by atoms with Crippen LogP contribution in [-0.2, 0) is 4.74 Å². The highest BCUT2D eigenvalue weighted by Crippen LogP contribution is 2.36. The Hall–Kier alpha value is -2.00. The maximum absolute atomic E-state index is 13.3. The van der Waals surface area contributed by atoms with Crippen LogP contribution in [-0.4, -0.2) is 23.9 Å². The molecule has 0 N–H and O–H groups in total. The van der Waals surface area contributed by atoms with Crippen molar-refractivity contribution >= 4 is 5.97 Å². The molecule has 0 saturated heterocycles. The molecule has 0 saturated carbocycles. The number of ether oxygens (including phenoxy) is 2. The second kappa shape index (κ2) is 5.97. The second-order valence-corrected chi connectivity index (χ2v) is 3.27. The summed E-state index contributed by atoms with van der Waals surface area (Å²) in [6, 6.07) is 0. The zero-order chi connectivity index (χ0) is 15.5. The number of hydrogen-bond acceptors (Lipinski definition) is 4. The number of halogens is 6. The Morgan fingerprint density at radius 3 is 2.45 bits per heavy atom. The lowest BCUT2D eigenvalue weighted by Crippen LogP contribution is -2.21. The maximum atomic E-state index is 13.3. The monoisotopic (exact) mass is 303 g/mol. The first-order valence-corrected chi connectivity index (χ1v) is 5.06. The van der Waals surface area contributed by atoms with Gasteiger partial charge >= 0.3 is 12.3 Å². The summed E-state index contributed by atoms with van der Waals surface area (Å²) in [6.07, 6.45) is -8.77. The topological polar surface area (TPSA) is 48.4 Å². The van der Waals surface area contributed by atoms with Gasteiger partial charge in [-0.15, -0.1) is 13.2 Å². The second-order valence-electron chi connectivity index (χ2n) is 3.27. The predicted molar refractivity (Wildman–Crippen MR) is 51.8 cm³/mol. The molecular weight excluding hydrogens is 296 g/mol. The first kappa shape index (κ1) is 16.1. The molecule has 0 aliphatic rings. The van der Waals surface area contributed by atoms with Crippen molar-refractivity contribution in [2.75, 3.05) is 6.61 Å². The van der Waals surface area contributed by atoms with E-state index in [2.05, 4.69) is 14.5 Å². The van der Waals surface area contributed by atoms with Crippen LogP contribution in [0, 0.1) is 5.95 Å². The molecule has 0 spiro atoms. The van der Waals surface area contributed by atoms with Crippen LogP contribution in [0.15, 0.2) is 6.20 Å².